The number of hydrogen-bond donors (Lipinski definition) is 1. The lowest BCUT2D eigenvalue weighted by atomic mass is 9.92. The molecular formula is C23H25N5O2. The van der Waals surface area contributed by atoms with Crippen LogP contribution in [0.15, 0.2) is 28.7 Å². The molecule has 4 heterocycles. The number of phenols is 1. The highest BCUT2D eigenvalue weighted by Crippen LogP contribution is 2.37. The number of likely N-dealkylation sites (N-methyl/N-ethyl adjacent to an activating group) is 1. The van der Waals surface area contributed by atoms with Gasteiger partial charge in [0.2, 0.25) is 5.65 Å². The lowest BCUT2D eigenvalue weighted by Gasteiger charge is -2.37. The summed E-state index contributed by atoms with van der Waals surface area (Å²) in [5.41, 5.74) is 3.65. The van der Waals surface area contributed by atoms with Gasteiger partial charge >= 0.3 is 0 Å². The molecule has 30 heavy (non-hydrogen) atoms. The molecule has 7 heteroatoms. The smallest absolute Gasteiger partial charge is 0.300 e. The minimum atomic E-state index is 0.0476. The van der Waals surface area contributed by atoms with Crippen LogP contribution < -0.4 is 4.90 Å². The van der Waals surface area contributed by atoms with Gasteiger partial charge in [-0.15, -0.1) is 0 Å². The molecule has 2 unspecified atom stereocenters. The van der Waals surface area contributed by atoms with E-state index in [2.05, 4.69) is 27.8 Å². The Kier molecular flexibility index (Phi) is 4.59. The van der Waals surface area contributed by atoms with Crippen LogP contribution in [0.3, 0.4) is 0 Å². The summed E-state index contributed by atoms with van der Waals surface area (Å²) in [5.74, 6) is 0.746. The number of likely N-dealkylation sites (tertiary alicyclic amines) is 1. The maximum Gasteiger partial charge on any atom is 0.300 e. The van der Waals surface area contributed by atoms with Gasteiger partial charge in [0.15, 0.2) is 5.58 Å². The Hall–Kier alpha value is -3.11. The first-order valence-corrected chi connectivity index (χ1v) is 10.6. The zero-order chi connectivity index (χ0) is 20.8. The van der Waals surface area contributed by atoms with Crippen molar-refractivity contribution < 1.29 is 9.52 Å². The summed E-state index contributed by atoms with van der Waals surface area (Å²) >= 11 is 0. The number of anilines is 1. The summed E-state index contributed by atoms with van der Waals surface area (Å²) in [6.07, 6.45) is 2.41. The fourth-order valence-corrected chi connectivity index (χ4v) is 4.97. The minimum Gasteiger partial charge on any atom is -0.507 e. The number of aryl methyl sites for hydroxylation is 1. The number of rotatable bonds is 3. The van der Waals surface area contributed by atoms with Crippen molar-refractivity contribution in [2.75, 3.05) is 31.1 Å². The molecule has 2 aliphatic heterocycles. The largest absolute Gasteiger partial charge is 0.507 e. The second kappa shape index (κ2) is 7.29. The van der Waals surface area contributed by atoms with E-state index in [9.17, 15) is 5.11 Å². The van der Waals surface area contributed by atoms with Gasteiger partial charge in [-0.1, -0.05) is 6.92 Å². The van der Waals surface area contributed by atoms with Crippen LogP contribution in [0, 0.1) is 24.2 Å². The molecule has 1 N–H and O–H groups in total. The molecule has 2 aromatic heterocycles. The summed E-state index contributed by atoms with van der Waals surface area (Å²) < 4.78 is 6.09. The minimum absolute atomic E-state index is 0.0476. The maximum atomic E-state index is 10.4. The highest BCUT2D eigenvalue weighted by atomic mass is 16.4. The molecule has 0 spiro atoms. The average Bonchev–Trinajstić information content (AvgIpc) is 3.35. The molecule has 7 nitrogen and oxygen atoms in total. The van der Waals surface area contributed by atoms with Crippen molar-refractivity contribution in [1.29, 1.82) is 5.26 Å². The van der Waals surface area contributed by atoms with Gasteiger partial charge in [-0.2, -0.15) is 10.2 Å². The Morgan fingerprint density at radius 3 is 2.83 bits per heavy atom. The van der Waals surface area contributed by atoms with E-state index >= 15 is 0 Å². The molecule has 0 radical (unpaired) electrons. The van der Waals surface area contributed by atoms with E-state index < -0.39 is 0 Å². The Morgan fingerprint density at radius 1 is 1.23 bits per heavy atom. The summed E-state index contributed by atoms with van der Waals surface area (Å²) in [6, 6.07) is 10.1. The van der Waals surface area contributed by atoms with Gasteiger partial charge in [-0.3, -0.25) is 0 Å². The maximum absolute atomic E-state index is 10.4. The van der Waals surface area contributed by atoms with Crippen LogP contribution in [0.2, 0.25) is 0 Å². The summed E-state index contributed by atoms with van der Waals surface area (Å²) in [4.78, 5) is 14.2. The molecular weight excluding hydrogens is 378 g/mol. The van der Waals surface area contributed by atoms with Gasteiger partial charge in [-0.25, -0.2) is 4.98 Å². The number of aromatic hydroxyl groups is 1. The van der Waals surface area contributed by atoms with E-state index in [4.69, 9.17) is 14.7 Å². The SMILES string of the molecule is CCN1CCC2CCN(c3nc4nc(-c5c(C)cc(C#N)cc5O)ccc4o3)C2C1. The molecule has 0 saturated carbocycles. The molecule has 2 aliphatic rings. The number of nitrogens with zero attached hydrogens (tertiary/aromatic N) is 5. The fourth-order valence-electron chi connectivity index (χ4n) is 4.97. The van der Waals surface area contributed by atoms with Crippen molar-refractivity contribution in [3.63, 3.8) is 0 Å². The second-order valence-corrected chi connectivity index (χ2v) is 8.31. The summed E-state index contributed by atoms with van der Waals surface area (Å²) in [5, 5.41) is 19.5. The predicted molar refractivity (Wildman–Crippen MR) is 114 cm³/mol. The quantitative estimate of drug-likeness (QED) is 0.713. The Bertz CT molecular complexity index is 1130. The van der Waals surface area contributed by atoms with Crippen LogP contribution in [-0.4, -0.2) is 52.2 Å². The van der Waals surface area contributed by atoms with Gasteiger partial charge in [0, 0.05) is 24.7 Å². The third-order valence-electron chi connectivity index (χ3n) is 6.58. The number of nitriles is 1. The fraction of sp³-hybridized carbons (Fsp3) is 0.435. The van der Waals surface area contributed by atoms with Crippen LogP contribution in [0.4, 0.5) is 6.01 Å². The van der Waals surface area contributed by atoms with Crippen molar-refractivity contribution >= 4 is 17.2 Å². The van der Waals surface area contributed by atoms with Crippen LogP contribution >= 0.6 is 0 Å². The summed E-state index contributed by atoms with van der Waals surface area (Å²) in [6.45, 7) is 8.34. The first kappa shape index (κ1) is 18.9. The zero-order valence-corrected chi connectivity index (χ0v) is 17.3. The predicted octanol–water partition coefficient (Wildman–Crippen LogP) is 3.70. The van der Waals surface area contributed by atoms with E-state index in [1.54, 1.807) is 6.07 Å². The van der Waals surface area contributed by atoms with Gasteiger partial charge in [0.1, 0.15) is 5.75 Å². The van der Waals surface area contributed by atoms with Crippen molar-refractivity contribution in [3.05, 3.63) is 35.4 Å². The molecule has 1 aromatic carbocycles. The number of fused-ring (bicyclic) bond motifs is 2. The van der Waals surface area contributed by atoms with E-state index in [-0.39, 0.29) is 5.75 Å². The lowest BCUT2D eigenvalue weighted by Crippen LogP contribution is -2.48. The van der Waals surface area contributed by atoms with Crippen LogP contribution in [-0.2, 0) is 0 Å². The Balaban J connectivity index is 1.49. The number of piperidine rings is 1. The topological polar surface area (TPSA) is 89.4 Å². The number of phenolic OH excluding ortho intramolecular Hbond substituents is 1. The molecule has 0 aliphatic carbocycles. The number of oxazole rings is 1. The average molecular weight is 403 g/mol. The van der Waals surface area contributed by atoms with E-state index in [0.29, 0.717) is 46.0 Å². The van der Waals surface area contributed by atoms with Crippen molar-refractivity contribution in [2.45, 2.75) is 32.7 Å². The van der Waals surface area contributed by atoms with Crippen molar-refractivity contribution in [2.24, 2.45) is 5.92 Å². The first-order valence-electron chi connectivity index (χ1n) is 10.6. The third-order valence-corrected chi connectivity index (χ3v) is 6.58. The van der Waals surface area contributed by atoms with E-state index in [0.717, 1.165) is 25.2 Å². The van der Waals surface area contributed by atoms with Crippen molar-refractivity contribution in [3.8, 4) is 23.1 Å². The molecule has 0 amide bonds. The molecule has 3 aromatic rings. The third kappa shape index (κ3) is 3.08. The first-order chi connectivity index (χ1) is 14.6. The molecule has 154 valence electrons. The van der Waals surface area contributed by atoms with Gasteiger partial charge in [-0.05, 0) is 68.6 Å². The van der Waals surface area contributed by atoms with Gasteiger partial charge in [0.05, 0.1) is 17.3 Å². The number of pyridine rings is 1. The standard InChI is InChI=1S/C23H25N5O2/c1-3-27-8-6-16-7-9-28(18(16)13-27)23-26-22-20(30-23)5-4-17(25-22)21-14(2)10-15(12-24)11-19(21)29/h4-5,10-11,16,18,29H,3,6-9,13H2,1-2H3. The second-order valence-electron chi connectivity index (χ2n) is 8.31. The lowest BCUT2D eigenvalue weighted by molar-refractivity contribution is 0.180. The number of aromatic nitrogens is 2. The normalized spacial score (nSPS) is 21.7. The summed E-state index contributed by atoms with van der Waals surface area (Å²) in [7, 11) is 0. The molecule has 2 saturated heterocycles. The Morgan fingerprint density at radius 2 is 2.07 bits per heavy atom. The van der Waals surface area contributed by atoms with Gasteiger partial charge in [0.25, 0.3) is 6.01 Å². The number of hydrogen-bond acceptors (Lipinski definition) is 7. The highest BCUT2D eigenvalue weighted by molar-refractivity contribution is 5.79. The molecule has 2 fully saturated rings. The number of benzene rings is 1. The zero-order valence-electron chi connectivity index (χ0n) is 17.3. The van der Waals surface area contributed by atoms with Crippen molar-refractivity contribution in [1.82, 2.24) is 14.9 Å². The molecule has 2 atom stereocenters. The van der Waals surface area contributed by atoms with Crippen LogP contribution in [0.25, 0.3) is 22.5 Å². The van der Waals surface area contributed by atoms with Crippen LogP contribution in [0.1, 0.15) is 30.9 Å². The molecule has 5 rings (SSSR count). The van der Waals surface area contributed by atoms with Gasteiger partial charge < -0.3 is 19.3 Å². The van der Waals surface area contributed by atoms with Crippen LogP contribution in [0.5, 0.6) is 5.75 Å². The monoisotopic (exact) mass is 403 g/mol. The molecule has 0 bridgehead atoms. The Labute approximate surface area is 175 Å². The van der Waals surface area contributed by atoms with E-state index in [1.165, 1.54) is 25.5 Å². The highest BCUT2D eigenvalue weighted by Gasteiger charge is 2.40. The van der Waals surface area contributed by atoms with E-state index in [1.807, 2.05) is 19.1 Å².